The third-order valence-electron chi connectivity index (χ3n) is 4.83. The minimum Gasteiger partial charge on any atom is -0.497 e. The topological polar surface area (TPSA) is 65.9 Å². The molecule has 0 amide bonds. The minimum absolute atomic E-state index is 0.621. The lowest BCUT2D eigenvalue weighted by molar-refractivity contribution is -0.144. The van der Waals surface area contributed by atoms with Gasteiger partial charge in [0.25, 0.3) is 0 Å². The van der Waals surface area contributed by atoms with Gasteiger partial charge in [0.15, 0.2) is 0 Å². The second kappa shape index (κ2) is 8.16. The Hall–Kier alpha value is -1.96. The highest BCUT2D eigenvalue weighted by atomic mass is 32.1. The molecular formula is C19H25N3O3S. The van der Waals surface area contributed by atoms with Crippen molar-refractivity contribution in [3.05, 3.63) is 45.4 Å². The SMILES string of the molecule is COc1ccc(C(C(=O)O)N2CCN(Cc3csc(C)n3)CC2)c(C)c1. The minimum atomic E-state index is -0.804. The number of ether oxygens (including phenoxy) is 1. The van der Waals surface area contributed by atoms with Crippen molar-refractivity contribution in [2.75, 3.05) is 33.3 Å². The lowest BCUT2D eigenvalue weighted by Crippen LogP contribution is -2.49. The van der Waals surface area contributed by atoms with Gasteiger partial charge in [0, 0.05) is 38.1 Å². The molecule has 0 spiro atoms. The second-order valence-corrected chi connectivity index (χ2v) is 7.70. The normalized spacial score (nSPS) is 17.2. The van der Waals surface area contributed by atoms with Gasteiger partial charge in [-0.2, -0.15) is 0 Å². The lowest BCUT2D eigenvalue weighted by Gasteiger charge is -2.38. The Morgan fingerprint density at radius 3 is 2.58 bits per heavy atom. The Kier molecular flexibility index (Phi) is 5.90. The lowest BCUT2D eigenvalue weighted by atomic mass is 9.99. The molecule has 2 aromatic rings. The molecule has 0 aliphatic carbocycles. The monoisotopic (exact) mass is 375 g/mol. The molecule has 1 aliphatic rings. The van der Waals surface area contributed by atoms with E-state index in [1.165, 1.54) is 0 Å². The number of carboxylic acids is 1. The summed E-state index contributed by atoms with van der Waals surface area (Å²) in [5, 5.41) is 13.0. The molecule has 0 bridgehead atoms. The number of aliphatic carboxylic acids is 1. The van der Waals surface area contributed by atoms with Crippen LogP contribution in [0, 0.1) is 13.8 Å². The summed E-state index contributed by atoms with van der Waals surface area (Å²) >= 11 is 1.67. The van der Waals surface area contributed by atoms with E-state index in [0.717, 1.165) is 60.3 Å². The number of carboxylic acid groups (broad SMARTS) is 1. The fourth-order valence-corrected chi connectivity index (χ4v) is 4.06. The van der Waals surface area contributed by atoms with Crippen LogP contribution in [0.5, 0.6) is 5.75 Å². The molecule has 1 saturated heterocycles. The Morgan fingerprint density at radius 2 is 2.04 bits per heavy atom. The number of thiazole rings is 1. The number of aromatic nitrogens is 1. The van der Waals surface area contributed by atoms with Crippen LogP contribution in [-0.2, 0) is 11.3 Å². The van der Waals surface area contributed by atoms with Crippen LogP contribution in [0.3, 0.4) is 0 Å². The van der Waals surface area contributed by atoms with Crippen molar-refractivity contribution in [1.29, 1.82) is 0 Å². The molecule has 1 aromatic heterocycles. The predicted molar refractivity (Wildman–Crippen MR) is 102 cm³/mol. The molecule has 3 rings (SSSR count). The largest absolute Gasteiger partial charge is 0.497 e. The zero-order valence-electron chi connectivity index (χ0n) is 15.4. The van der Waals surface area contributed by atoms with Gasteiger partial charge in [0.1, 0.15) is 11.8 Å². The highest BCUT2D eigenvalue weighted by Crippen LogP contribution is 2.28. The van der Waals surface area contributed by atoms with Gasteiger partial charge in [0.05, 0.1) is 17.8 Å². The highest BCUT2D eigenvalue weighted by molar-refractivity contribution is 7.09. The average Bonchev–Trinajstić information content (AvgIpc) is 3.02. The first-order chi connectivity index (χ1) is 12.5. The zero-order chi connectivity index (χ0) is 18.7. The summed E-state index contributed by atoms with van der Waals surface area (Å²) in [5.41, 5.74) is 2.88. The van der Waals surface area contributed by atoms with E-state index >= 15 is 0 Å². The standard InChI is InChI=1S/C19H25N3O3S/c1-13-10-16(25-3)4-5-17(13)18(19(23)24)22-8-6-21(7-9-22)11-15-12-26-14(2)20-15/h4-5,10,12,18H,6-9,11H2,1-3H3,(H,23,24). The summed E-state index contributed by atoms with van der Waals surface area (Å²) in [7, 11) is 1.62. The summed E-state index contributed by atoms with van der Waals surface area (Å²) in [5.74, 6) is -0.0550. The fraction of sp³-hybridized carbons (Fsp3) is 0.474. The number of nitrogens with zero attached hydrogens (tertiary/aromatic N) is 3. The molecule has 26 heavy (non-hydrogen) atoms. The van der Waals surface area contributed by atoms with Crippen molar-refractivity contribution in [1.82, 2.24) is 14.8 Å². The van der Waals surface area contributed by atoms with Gasteiger partial charge in [-0.25, -0.2) is 4.98 Å². The third kappa shape index (κ3) is 4.23. The number of methoxy groups -OCH3 is 1. The molecule has 1 atom stereocenters. The summed E-state index contributed by atoms with van der Waals surface area (Å²) < 4.78 is 5.24. The van der Waals surface area contributed by atoms with Crippen molar-refractivity contribution in [2.45, 2.75) is 26.4 Å². The van der Waals surface area contributed by atoms with Crippen LogP contribution >= 0.6 is 11.3 Å². The van der Waals surface area contributed by atoms with Crippen LogP contribution in [0.4, 0.5) is 0 Å². The molecule has 7 heteroatoms. The molecule has 1 N–H and O–H groups in total. The number of aryl methyl sites for hydroxylation is 2. The van der Waals surface area contributed by atoms with E-state index in [0.29, 0.717) is 0 Å². The van der Waals surface area contributed by atoms with Crippen LogP contribution in [0.2, 0.25) is 0 Å². The van der Waals surface area contributed by atoms with Crippen LogP contribution in [0.1, 0.15) is 27.9 Å². The van der Waals surface area contributed by atoms with Gasteiger partial charge in [-0.15, -0.1) is 11.3 Å². The highest BCUT2D eigenvalue weighted by Gasteiger charge is 2.31. The first-order valence-corrected chi connectivity index (χ1v) is 9.60. The quantitative estimate of drug-likeness (QED) is 0.837. The van der Waals surface area contributed by atoms with Gasteiger partial charge in [-0.1, -0.05) is 6.07 Å². The molecule has 1 unspecified atom stereocenters. The number of carbonyl (C=O) groups is 1. The molecule has 0 saturated carbocycles. The Bertz CT molecular complexity index is 769. The van der Waals surface area contributed by atoms with E-state index in [-0.39, 0.29) is 0 Å². The smallest absolute Gasteiger partial charge is 0.325 e. The van der Waals surface area contributed by atoms with E-state index in [4.69, 9.17) is 4.74 Å². The molecular weight excluding hydrogens is 350 g/mol. The Balaban J connectivity index is 1.68. The molecule has 1 fully saturated rings. The van der Waals surface area contributed by atoms with Crippen LogP contribution in [0.25, 0.3) is 0 Å². The first-order valence-electron chi connectivity index (χ1n) is 8.72. The van der Waals surface area contributed by atoms with Crippen LogP contribution in [-0.4, -0.2) is 59.1 Å². The van der Waals surface area contributed by atoms with Crippen molar-refractivity contribution in [3.8, 4) is 5.75 Å². The van der Waals surface area contributed by atoms with E-state index in [1.807, 2.05) is 32.0 Å². The van der Waals surface area contributed by atoms with Crippen molar-refractivity contribution in [2.24, 2.45) is 0 Å². The van der Waals surface area contributed by atoms with Crippen molar-refractivity contribution in [3.63, 3.8) is 0 Å². The zero-order valence-corrected chi connectivity index (χ0v) is 16.3. The van der Waals surface area contributed by atoms with Gasteiger partial charge >= 0.3 is 5.97 Å². The molecule has 2 heterocycles. The molecule has 140 valence electrons. The maximum absolute atomic E-state index is 12.0. The van der Waals surface area contributed by atoms with E-state index in [2.05, 4.69) is 20.2 Å². The Labute approximate surface area is 158 Å². The van der Waals surface area contributed by atoms with Crippen LogP contribution in [0.15, 0.2) is 23.6 Å². The molecule has 0 radical (unpaired) electrons. The van der Waals surface area contributed by atoms with E-state index in [9.17, 15) is 9.90 Å². The number of rotatable bonds is 6. The molecule has 1 aliphatic heterocycles. The third-order valence-corrected chi connectivity index (χ3v) is 5.65. The molecule has 1 aromatic carbocycles. The second-order valence-electron chi connectivity index (χ2n) is 6.63. The fourth-order valence-electron chi connectivity index (χ4n) is 3.46. The number of piperazine rings is 1. The summed E-state index contributed by atoms with van der Waals surface area (Å²) in [6.45, 7) is 7.93. The first kappa shape index (κ1) is 18.8. The van der Waals surface area contributed by atoms with Crippen LogP contribution < -0.4 is 4.74 Å². The van der Waals surface area contributed by atoms with Gasteiger partial charge in [-0.05, 0) is 37.1 Å². The van der Waals surface area contributed by atoms with E-state index in [1.54, 1.807) is 18.4 Å². The maximum Gasteiger partial charge on any atom is 0.325 e. The molecule has 6 nitrogen and oxygen atoms in total. The number of hydrogen-bond donors (Lipinski definition) is 1. The average molecular weight is 375 g/mol. The summed E-state index contributed by atoms with van der Waals surface area (Å²) in [6, 6.07) is 4.98. The predicted octanol–water partition coefficient (Wildman–Crippen LogP) is 2.71. The van der Waals surface area contributed by atoms with Gasteiger partial charge in [0.2, 0.25) is 0 Å². The van der Waals surface area contributed by atoms with E-state index < -0.39 is 12.0 Å². The number of benzene rings is 1. The summed E-state index contributed by atoms with van der Waals surface area (Å²) in [6.07, 6.45) is 0. The Morgan fingerprint density at radius 1 is 1.31 bits per heavy atom. The van der Waals surface area contributed by atoms with Gasteiger partial charge in [-0.3, -0.25) is 14.6 Å². The number of hydrogen-bond acceptors (Lipinski definition) is 6. The van der Waals surface area contributed by atoms with Gasteiger partial charge < -0.3 is 9.84 Å². The summed E-state index contributed by atoms with van der Waals surface area (Å²) in [4.78, 5) is 20.9. The van der Waals surface area contributed by atoms with Crippen molar-refractivity contribution < 1.29 is 14.6 Å². The maximum atomic E-state index is 12.0. The van der Waals surface area contributed by atoms with Crippen molar-refractivity contribution >= 4 is 17.3 Å².